The van der Waals surface area contributed by atoms with Crippen LogP contribution in [0.5, 0.6) is 11.5 Å². The summed E-state index contributed by atoms with van der Waals surface area (Å²) < 4.78 is 12.1. The molecule has 2 fully saturated rings. The Kier molecular flexibility index (Phi) is 7.96. The summed E-state index contributed by atoms with van der Waals surface area (Å²) in [5, 5.41) is 1.21. The molecule has 7 rings (SSSR count). The average molecular weight is 564 g/mol. The lowest BCUT2D eigenvalue weighted by molar-refractivity contribution is 0.0249. The van der Waals surface area contributed by atoms with Crippen LogP contribution in [0.15, 0.2) is 79.0 Å². The van der Waals surface area contributed by atoms with E-state index >= 15 is 0 Å². The van der Waals surface area contributed by atoms with E-state index in [0.717, 1.165) is 75.9 Å². The normalized spacial score (nSPS) is 19.0. The molecule has 0 unspecified atom stereocenters. The highest BCUT2D eigenvalue weighted by Crippen LogP contribution is 2.37. The number of aromatic nitrogens is 1. The van der Waals surface area contributed by atoms with Gasteiger partial charge in [-0.25, -0.2) is 0 Å². The second-order valence-corrected chi connectivity index (χ2v) is 11.9. The van der Waals surface area contributed by atoms with Gasteiger partial charge in [-0.3, -0.25) is 19.7 Å². The van der Waals surface area contributed by atoms with Gasteiger partial charge in [-0.15, -0.1) is 0 Å². The van der Waals surface area contributed by atoms with Crippen LogP contribution in [0.4, 0.5) is 5.69 Å². The highest BCUT2D eigenvalue weighted by molar-refractivity contribution is 5.89. The molecule has 218 valence electrons. The van der Waals surface area contributed by atoms with Crippen LogP contribution in [0.25, 0.3) is 10.9 Å². The number of piperidine rings is 1. The lowest BCUT2D eigenvalue weighted by Crippen LogP contribution is -2.47. The minimum atomic E-state index is 0.552. The van der Waals surface area contributed by atoms with Gasteiger partial charge in [0.1, 0.15) is 18.0 Å². The van der Waals surface area contributed by atoms with E-state index in [4.69, 9.17) is 14.5 Å². The molecule has 0 amide bonds. The molecule has 2 saturated heterocycles. The number of para-hydroxylation sites is 2. The van der Waals surface area contributed by atoms with Crippen molar-refractivity contribution < 1.29 is 9.47 Å². The summed E-state index contributed by atoms with van der Waals surface area (Å²) in [5.74, 6) is 1.93. The van der Waals surface area contributed by atoms with Crippen molar-refractivity contribution in [2.24, 2.45) is 0 Å². The molecule has 4 heterocycles. The molecule has 7 heteroatoms. The highest BCUT2D eigenvalue weighted by atomic mass is 16.5. The fraction of sp³-hybridized carbons (Fsp3) is 0.400. The molecule has 1 aromatic heterocycles. The van der Waals surface area contributed by atoms with Gasteiger partial charge >= 0.3 is 0 Å². The van der Waals surface area contributed by atoms with Crippen molar-refractivity contribution >= 4 is 16.6 Å². The number of nitrogens with zero attached hydrogens (tertiary/aromatic N) is 5. The van der Waals surface area contributed by atoms with Crippen molar-refractivity contribution in [1.29, 1.82) is 0 Å². The fourth-order valence-electron chi connectivity index (χ4n) is 6.97. The molecule has 3 aliphatic rings. The molecule has 0 aliphatic carbocycles. The zero-order valence-electron chi connectivity index (χ0n) is 24.6. The van der Waals surface area contributed by atoms with E-state index in [1.54, 1.807) is 7.11 Å². The van der Waals surface area contributed by atoms with E-state index in [1.807, 2.05) is 18.3 Å². The summed E-state index contributed by atoms with van der Waals surface area (Å²) in [6, 6.07) is 26.4. The van der Waals surface area contributed by atoms with E-state index in [2.05, 4.69) is 80.3 Å². The van der Waals surface area contributed by atoms with Gasteiger partial charge in [0.15, 0.2) is 5.75 Å². The van der Waals surface area contributed by atoms with Gasteiger partial charge in [0, 0.05) is 69.0 Å². The van der Waals surface area contributed by atoms with Crippen LogP contribution >= 0.6 is 0 Å². The van der Waals surface area contributed by atoms with Crippen molar-refractivity contribution in [2.75, 3.05) is 58.0 Å². The molecule has 0 bridgehead atoms. The molecule has 42 heavy (non-hydrogen) atoms. The van der Waals surface area contributed by atoms with Crippen LogP contribution in [0.2, 0.25) is 0 Å². The molecule has 3 aromatic carbocycles. The van der Waals surface area contributed by atoms with Gasteiger partial charge in [0.05, 0.1) is 12.8 Å². The summed E-state index contributed by atoms with van der Waals surface area (Å²) in [7, 11) is 1.75. The first-order valence-electron chi connectivity index (χ1n) is 15.4. The van der Waals surface area contributed by atoms with Gasteiger partial charge in [-0.1, -0.05) is 48.5 Å². The Labute approximate surface area is 249 Å². The summed E-state index contributed by atoms with van der Waals surface area (Å²) in [6.45, 7) is 9.81. The van der Waals surface area contributed by atoms with Gasteiger partial charge < -0.3 is 14.4 Å². The number of pyridine rings is 1. The standard InChI is InChI=1S/C35H41N5O2/c1-41-33-12-6-5-11-32(33)39-20-18-38(19-21-39)24-28-22-29-25-40(26-42-35(29)34-31(28)10-7-15-36-34)30-13-16-37(17-14-30)23-27-8-3-2-4-9-27/h2-12,15,22,30H,13-14,16-21,23-26H2,1H3. The second-order valence-electron chi connectivity index (χ2n) is 11.9. The molecule has 0 spiro atoms. The number of rotatable bonds is 7. The number of anilines is 1. The molecule has 0 N–H and O–H groups in total. The summed E-state index contributed by atoms with van der Waals surface area (Å²) in [4.78, 5) is 15.0. The number of piperazine rings is 1. The Morgan fingerprint density at radius 3 is 2.40 bits per heavy atom. The Morgan fingerprint density at radius 2 is 1.60 bits per heavy atom. The first-order valence-corrected chi connectivity index (χ1v) is 15.4. The van der Waals surface area contributed by atoms with Crippen molar-refractivity contribution in [1.82, 2.24) is 19.7 Å². The summed E-state index contributed by atoms with van der Waals surface area (Å²) in [6.07, 6.45) is 4.26. The first-order chi connectivity index (χ1) is 20.7. The van der Waals surface area contributed by atoms with E-state index in [1.165, 1.54) is 40.6 Å². The Bertz CT molecular complexity index is 1500. The molecule has 0 atom stereocenters. The van der Waals surface area contributed by atoms with Crippen LogP contribution in [0, 0.1) is 0 Å². The maximum Gasteiger partial charge on any atom is 0.152 e. The third kappa shape index (κ3) is 5.69. The zero-order chi connectivity index (χ0) is 28.3. The Morgan fingerprint density at radius 1 is 0.833 bits per heavy atom. The van der Waals surface area contributed by atoms with Gasteiger partial charge in [-0.05, 0) is 61.3 Å². The van der Waals surface area contributed by atoms with Crippen LogP contribution in [0.3, 0.4) is 0 Å². The van der Waals surface area contributed by atoms with Crippen LogP contribution in [0.1, 0.15) is 29.5 Å². The van der Waals surface area contributed by atoms with Crippen molar-refractivity contribution in [3.8, 4) is 11.5 Å². The Hall–Kier alpha value is -3.65. The topological polar surface area (TPSA) is 44.3 Å². The second kappa shape index (κ2) is 12.3. The largest absolute Gasteiger partial charge is 0.495 e. The number of ether oxygens (including phenoxy) is 2. The number of fused-ring (bicyclic) bond motifs is 3. The molecular weight excluding hydrogens is 522 g/mol. The predicted molar refractivity (Wildman–Crippen MR) is 168 cm³/mol. The van der Waals surface area contributed by atoms with Gasteiger partial charge in [0.25, 0.3) is 0 Å². The number of likely N-dealkylation sites (tertiary alicyclic amines) is 1. The number of benzene rings is 3. The minimum absolute atomic E-state index is 0.552. The van der Waals surface area contributed by atoms with Crippen molar-refractivity contribution in [3.63, 3.8) is 0 Å². The van der Waals surface area contributed by atoms with Crippen LogP contribution in [-0.2, 0) is 19.6 Å². The van der Waals surface area contributed by atoms with Crippen LogP contribution in [-0.4, -0.2) is 78.8 Å². The quantitative estimate of drug-likeness (QED) is 0.299. The van der Waals surface area contributed by atoms with E-state index in [9.17, 15) is 0 Å². The van der Waals surface area contributed by atoms with Gasteiger partial charge in [0.2, 0.25) is 0 Å². The molecule has 4 aromatic rings. The molecular formula is C35H41N5O2. The molecule has 3 aliphatic heterocycles. The maximum atomic E-state index is 6.47. The zero-order valence-corrected chi connectivity index (χ0v) is 24.6. The number of methoxy groups -OCH3 is 1. The number of hydrogen-bond donors (Lipinski definition) is 0. The van der Waals surface area contributed by atoms with Crippen molar-refractivity contribution in [3.05, 3.63) is 95.7 Å². The summed E-state index contributed by atoms with van der Waals surface area (Å²) >= 11 is 0. The Balaban J connectivity index is 1.03. The summed E-state index contributed by atoms with van der Waals surface area (Å²) in [5.41, 5.74) is 6.23. The minimum Gasteiger partial charge on any atom is -0.495 e. The predicted octanol–water partition coefficient (Wildman–Crippen LogP) is 5.38. The lowest BCUT2D eigenvalue weighted by atomic mass is 9.98. The van der Waals surface area contributed by atoms with E-state index in [-0.39, 0.29) is 0 Å². The van der Waals surface area contributed by atoms with Gasteiger partial charge in [-0.2, -0.15) is 0 Å². The SMILES string of the molecule is COc1ccccc1N1CCN(Cc2cc3c(c4ncccc24)OCN(C2CCN(Cc4ccccc4)CC2)C3)CC1. The first kappa shape index (κ1) is 27.2. The third-order valence-electron chi connectivity index (χ3n) is 9.27. The fourth-order valence-corrected chi connectivity index (χ4v) is 6.97. The van der Waals surface area contributed by atoms with E-state index < -0.39 is 0 Å². The van der Waals surface area contributed by atoms with Crippen molar-refractivity contribution in [2.45, 2.75) is 38.5 Å². The molecule has 7 nitrogen and oxygen atoms in total. The third-order valence-corrected chi connectivity index (χ3v) is 9.27. The molecule has 0 radical (unpaired) electrons. The maximum absolute atomic E-state index is 6.47. The van der Waals surface area contributed by atoms with E-state index in [0.29, 0.717) is 12.8 Å². The van der Waals surface area contributed by atoms with Crippen LogP contribution < -0.4 is 14.4 Å². The lowest BCUT2D eigenvalue weighted by Gasteiger charge is -2.40. The monoisotopic (exact) mass is 563 g/mol. The molecule has 0 saturated carbocycles. The average Bonchev–Trinajstić information content (AvgIpc) is 3.06. The smallest absolute Gasteiger partial charge is 0.152 e. The number of hydrogen-bond acceptors (Lipinski definition) is 7. The highest BCUT2D eigenvalue weighted by Gasteiger charge is 2.30.